The van der Waals surface area contributed by atoms with Crippen molar-refractivity contribution >= 4 is 17.7 Å². The summed E-state index contributed by atoms with van der Waals surface area (Å²) in [5, 5.41) is 11.7. The molecule has 1 aromatic carbocycles. The van der Waals surface area contributed by atoms with Crippen LogP contribution in [0.15, 0.2) is 35.7 Å². The molecule has 7 nitrogen and oxygen atoms in total. The summed E-state index contributed by atoms with van der Waals surface area (Å²) in [5.74, 6) is 0.280. The number of carbonyl (C=O) groups excluding carboxylic acids is 1. The standard InChI is InChI=1S/C18H26N4O3S/c1-3-15-7-4-5-8-16(15)22-14-20-21-18(22)26-13-17(23)19-9-6-10-25-12-11-24-2/h4-5,7-8,14H,3,6,9-13H2,1-2H3,(H,19,23). The SMILES string of the molecule is CCc1ccccc1-n1cnnc1SCC(=O)NCCCOCCOC. The quantitative estimate of drug-likeness (QED) is 0.450. The second-order valence-electron chi connectivity index (χ2n) is 5.56. The molecule has 0 aliphatic carbocycles. The number of aromatic nitrogens is 3. The second-order valence-corrected chi connectivity index (χ2v) is 6.51. The molecular weight excluding hydrogens is 352 g/mol. The van der Waals surface area contributed by atoms with E-state index >= 15 is 0 Å². The van der Waals surface area contributed by atoms with Gasteiger partial charge in [-0.1, -0.05) is 36.9 Å². The number of nitrogens with zero attached hydrogens (tertiary/aromatic N) is 3. The largest absolute Gasteiger partial charge is 0.382 e. The van der Waals surface area contributed by atoms with Crippen LogP contribution in [-0.2, 0) is 20.7 Å². The molecule has 1 heterocycles. The van der Waals surface area contributed by atoms with Crippen molar-refractivity contribution in [1.29, 1.82) is 0 Å². The maximum absolute atomic E-state index is 12.0. The summed E-state index contributed by atoms with van der Waals surface area (Å²) in [7, 11) is 1.64. The molecule has 26 heavy (non-hydrogen) atoms. The van der Waals surface area contributed by atoms with Crippen molar-refractivity contribution in [2.24, 2.45) is 0 Å². The molecule has 1 amide bonds. The van der Waals surface area contributed by atoms with E-state index in [9.17, 15) is 4.79 Å². The number of methoxy groups -OCH3 is 1. The van der Waals surface area contributed by atoms with Crippen LogP contribution in [0, 0.1) is 0 Å². The van der Waals surface area contributed by atoms with Gasteiger partial charge in [-0.05, 0) is 24.5 Å². The van der Waals surface area contributed by atoms with Gasteiger partial charge < -0.3 is 14.8 Å². The third kappa shape index (κ3) is 6.44. The maximum atomic E-state index is 12.0. The third-order valence-electron chi connectivity index (χ3n) is 3.70. The van der Waals surface area contributed by atoms with E-state index in [4.69, 9.17) is 9.47 Å². The number of benzene rings is 1. The molecule has 1 aromatic heterocycles. The Labute approximate surface area is 158 Å². The fourth-order valence-electron chi connectivity index (χ4n) is 2.36. The molecule has 0 radical (unpaired) electrons. The van der Waals surface area contributed by atoms with Gasteiger partial charge in [0, 0.05) is 20.3 Å². The van der Waals surface area contributed by atoms with E-state index in [1.807, 2.05) is 22.8 Å². The number of aryl methyl sites for hydroxylation is 1. The molecule has 2 aromatic rings. The van der Waals surface area contributed by atoms with E-state index in [0.29, 0.717) is 37.3 Å². The minimum Gasteiger partial charge on any atom is -0.382 e. The predicted octanol–water partition coefficient (Wildman–Crippen LogP) is 2.09. The van der Waals surface area contributed by atoms with Crippen LogP contribution in [0.3, 0.4) is 0 Å². The predicted molar refractivity (Wildman–Crippen MR) is 102 cm³/mol. The van der Waals surface area contributed by atoms with Crippen LogP contribution in [0.1, 0.15) is 18.9 Å². The highest BCUT2D eigenvalue weighted by Gasteiger charge is 2.11. The minimum absolute atomic E-state index is 0.0229. The minimum atomic E-state index is -0.0229. The van der Waals surface area contributed by atoms with Crippen molar-refractivity contribution in [3.63, 3.8) is 0 Å². The number of thioether (sulfide) groups is 1. The Morgan fingerprint density at radius 3 is 2.92 bits per heavy atom. The summed E-state index contributed by atoms with van der Waals surface area (Å²) >= 11 is 1.38. The lowest BCUT2D eigenvalue weighted by Crippen LogP contribution is -2.27. The normalized spacial score (nSPS) is 10.8. The Hall–Kier alpha value is -1.90. The topological polar surface area (TPSA) is 78.3 Å². The van der Waals surface area contributed by atoms with E-state index < -0.39 is 0 Å². The number of carbonyl (C=O) groups is 1. The van der Waals surface area contributed by atoms with Crippen LogP contribution in [0.25, 0.3) is 5.69 Å². The monoisotopic (exact) mass is 378 g/mol. The van der Waals surface area contributed by atoms with Crippen LogP contribution >= 0.6 is 11.8 Å². The molecule has 0 spiro atoms. The lowest BCUT2D eigenvalue weighted by Gasteiger charge is -2.10. The number of para-hydroxylation sites is 1. The molecule has 0 unspecified atom stereocenters. The van der Waals surface area contributed by atoms with E-state index in [1.165, 1.54) is 17.3 Å². The first-order valence-corrected chi connectivity index (χ1v) is 9.69. The first-order chi connectivity index (χ1) is 12.8. The van der Waals surface area contributed by atoms with Gasteiger partial charge in [-0.3, -0.25) is 9.36 Å². The van der Waals surface area contributed by atoms with Crippen LogP contribution in [-0.4, -0.2) is 59.9 Å². The lowest BCUT2D eigenvalue weighted by molar-refractivity contribution is -0.118. The van der Waals surface area contributed by atoms with Gasteiger partial charge in [0.2, 0.25) is 5.91 Å². The zero-order valence-corrected chi connectivity index (χ0v) is 16.1. The zero-order valence-electron chi connectivity index (χ0n) is 15.3. The average Bonchev–Trinajstić information content (AvgIpc) is 3.14. The Bertz CT molecular complexity index is 678. The van der Waals surface area contributed by atoms with Crippen molar-refractivity contribution in [1.82, 2.24) is 20.1 Å². The summed E-state index contributed by atoms with van der Waals surface area (Å²) in [6, 6.07) is 8.14. The van der Waals surface area contributed by atoms with Gasteiger partial charge in [0.05, 0.1) is 24.7 Å². The smallest absolute Gasteiger partial charge is 0.230 e. The molecule has 0 bridgehead atoms. The van der Waals surface area contributed by atoms with Gasteiger partial charge in [0.1, 0.15) is 6.33 Å². The van der Waals surface area contributed by atoms with E-state index in [0.717, 1.165) is 18.5 Å². The first kappa shape index (κ1) is 20.4. The highest BCUT2D eigenvalue weighted by Crippen LogP contribution is 2.22. The molecular formula is C18H26N4O3S. The Kier molecular flexibility index (Phi) is 9.16. The van der Waals surface area contributed by atoms with Crippen molar-refractivity contribution in [3.8, 4) is 5.69 Å². The number of hydrogen-bond donors (Lipinski definition) is 1. The van der Waals surface area contributed by atoms with Crippen LogP contribution in [0.2, 0.25) is 0 Å². The van der Waals surface area contributed by atoms with Crippen molar-refractivity contribution in [2.75, 3.05) is 39.2 Å². The van der Waals surface area contributed by atoms with Crippen molar-refractivity contribution < 1.29 is 14.3 Å². The molecule has 0 aliphatic heterocycles. The number of ether oxygens (including phenoxy) is 2. The van der Waals surface area contributed by atoms with E-state index in [-0.39, 0.29) is 5.91 Å². The molecule has 8 heteroatoms. The van der Waals surface area contributed by atoms with Crippen molar-refractivity contribution in [2.45, 2.75) is 24.9 Å². The van der Waals surface area contributed by atoms with Gasteiger partial charge in [-0.15, -0.1) is 10.2 Å². The molecule has 0 saturated carbocycles. The molecule has 0 saturated heterocycles. The highest BCUT2D eigenvalue weighted by molar-refractivity contribution is 7.99. The summed E-state index contributed by atoms with van der Waals surface area (Å²) in [6.45, 7) is 4.49. The molecule has 0 fully saturated rings. The number of hydrogen-bond acceptors (Lipinski definition) is 6. The molecule has 0 atom stereocenters. The van der Waals surface area contributed by atoms with Gasteiger partial charge in [0.15, 0.2) is 5.16 Å². The lowest BCUT2D eigenvalue weighted by atomic mass is 10.1. The molecule has 142 valence electrons. The average molecular weight is 378 g/mol. The Morgan fingerprint density at radius 2 is 2.12 bits per heavy atom. The van der Waals surface area contributed by atoms with Gasteiger partial charge >= 0.3 is 0 Å². The summed E-state index contributed by atoms with van der Waals surface area (Å²) in [4.78, 5) is 12.0. The molecule has 1 N–H and O–H groups in total. The molecule has 0 aliphatic rings. The van der Waals surface area contributed by atoms with Gasteiger partial charge in [-0.25, -0.2) is 0 Å². The van der Waals surface area contributed by atoms with E-state index in [1.54, 1.807) is 13.4 Å². The third-order valence-corrected chi connectivity index (χ3v) is 4.64. The fourth-order valence-corrected chi connectivity index (χ4v) is 3.11. The fraction of sp³-hybridized carbons (Fsp3) is 0.500. The second kappa shape index (κ2) is 11.7. The number of rotatable bonds is 12. The summed E-state index contributed by atoms with van der Waals surface area (Å²) < 4.78 is 12.2. The van der Waals surface area contributed by atoms with Crippen LogP contribution in [0.5, 0.6) is 0 Å². The highest BCUT2D eigenvalue weighted by atomic mass is 32.2. The number of amides is 1. The number of nitrogens with one attached hydrogen (secondary N) is 1. The van der Waals surface area contributed by atoms with Gasteiger partial charge in [0.25, 0.3) is 0 Å². The first-order valence-electron chi connectivity index (χ1n) is 8.70. The van der Waals surface area contributed by atoms with Crippen LogP contribution < -0.4 is 5.32 Å². The maximum Gasteiger partial charge on any atom is 0.230 e. The van der Waals surface area contributed by atoms with E-state index in [2.05, 4.69) is 28.5 Å². The molecule has 2 rings (SSSR count). The van der Waals surface area contributed by atoms with Crippen LogP contribution in [0.4, 0.5) is 0 Å². The summed E-state index contributed by atoms with van der Waals surface area (Å²) in [5.41, 5.74) is 2.27. The Balaban J connectivity index is 1.76. The van der Waals surface area contributed by atoms with Crippen molar-refractivity contribution in [3.05, 3.63) is 36.2 Å². The zero-order chi connectivity index (χ0) is 18.6. The van der Waals surface area contributed by atoms with Gasteiger partial charge in [-0.2, -0.15) is 0 Å². The Morgan fingerprint density at radius 1 is 1.27 bits per heavy atom. The summed E-state index contributed by atoms with van der Waals surface area (Å²) in [6.07, 6.45) is 3.39.